The Kier molecular flexibility index (Phi) is 2.19. The van der Waals surface area contributed by atoms with Crippen LogP contribution in [0.4, 0.5) is 5.69 Å². The molecule has 0 heterocycles. The Bertz CT molecular complexity index is 345. The summed E-state index contributed by atoms with van der Waals surface area (Å²) in [5.41, 5.74) is 5.20. The van der Waals surface area contributed by atoms with E-state index < -0.39 is 19.9 Å². The number of phenols is 1. The van der Waals surface area contributed by atoms with Crippen molar-refractivity contribution in [2.45, 2.75) is 0 Å². The third kappa shape index (κ3) is 1.64. The Morgan fingerprint density at radius 2 is 1.92 bits per heavy atom. The average Bonchev–Trinajstić information content (AvgIpc) is 1.92. The summed E-state index contributed by atoms with van der Waals surface area (Å²) in [5.74, 6) is -0.523. The quantitative estimate of drug-likeness (QED) is 0.269. The molecule has 0 fully saturated rings. The number of hydrogen-bond acceptors (Lipinski definition) is 3. The summed E-state index contributed by atoms with van der Waals surface area (Å²) in [6, 6.07) is 3.90. The average molecular weight is 233 g/mol. The number of hydrogen-bond donors (Lipinski definition) is 4. The SMILES string of the molecule is Nc1cccc([As](=O)(O)O)c1O. The molecule has 0 aliphatic heterocycles. The molecule has 0 aromatic heterocycles. The van der Waals surface area contributed by atoms with E-state index in [1.165, 1.54) is 12.1 Å². The van der Waals surface area contributed by atoms with Crippen molar-refractivity contribution in [3.8, 4) is 5.75 Å². The number of anilines is 1. The van der Waals surface area contributed by atoms with Crippen LogP contribution in [0.3, 0.4) is 0 Å². The van der Waals surface area contributed by atoms with E-state index in [0.717, 1.165) is 6.07 Å². The zero-order valence-electron chi connectivity index (χ0n) is 6.01. The first kappa shape index (κ1) is 9.19. The first-order chi connectivity index (χ1) is 5.43. The molecule has 1 aromatic rings. The van der Waals surface area contributed by atoms with Crippen molar-refractivity contribution in [1.29, 1.82) is 0 Å². The molecule has 0 spiro atoms. The van der Waals surface area contributed by atoms with E-state index in [1.54, 1.807) is 0 Å². The number of nitrogen functional groups attached to an aromatic ring is 1. The molecule has 1 aromatic carbocycles. The third-order valence-corrected chi connectivity index (χ3v) is 3.43. The van der Waals surface area contributed by atoms with E-state index in [1.807, 2.05) is 0 Å². The van der Waals surface area contributed by atoms with Crippen molar-refractivity contribution in [3.63, 3.8) is 0 Å². The van der Waals surface area contributed by atoms with Crippen molar-refractivity contribution in [3.05, 3.63) is 18.2 Å². The van der Waals surface area contributed by atoms with E-state index in [0.29, 0.717) is 0 Å². The predicted molar refractivity (Wildman–Crippen MR) is 43.0 cm³/mol. The van der Waals surface area contributed by atoms with Gasteiger partial charge in [0.1, 0.15) is 0 Å². The second-order valence-electron chi connectivity index (χ2n) is 2.26. The summed E-state index contributed by atoms with van der Waals surface area (Å²) in [7, 11) is 0. The number of rotatable bonds is 1. The molecule has 66 valence electrons. The topological polar surface area (TPSA) is 104 Å². The molecule has 0 saturated heterocycles. The fraction of sp³-hybridized carbons (Fsp3) is 0. The van der Waals surface area contributed by atoms with Gasteiger partial charge in [-0.1, -0.05) is 0 Å². The molecule has 6 heteroatoms. The van der Waals surface area contributed by atoms with Gasteiger partial charge < -0.3 is 0 Å². The third-order valence-electron chi connectivity index (χ3n) is 1.36. The Balaban J connectivity index is 3.36. The van der Waals surface area contributed by atoms with Crippen LogP contribution in [0.25, 0.3) is 0 Å². The van der Waals surface area contributed by atoms with Crippen molar-refractivity contribution in [2.75, 3.05) is 5.73 Å². The van der Waals surface area contributed by atoms with E-state index in [2.05, 4.69) is 0 Å². The van der Waals surface area contributed by atoms with Crippen LogP contribution in [-0.4, -0.2) is 27.5 Å². The van der Waals surface area contributed by atoms with Crippen LogP contribution < -0.4 is 10.1 Å². The number of phenolic OH excluding ortho intramolecular Hbond substituents is 1. The van der Waals surface area contributed by atoms with Gasteiger partial charge >= 0.3 is 70.9 Å². The zero-order valence-corrected chi connectivity index (χ0v) is 7.88. The summed E-state index contributed by atoms with van der Waals surface area (Å²) < 4.78 is 27.9. The van der Waals surface area contributed by atoms with Crippen molar-refractivity contribution < 1.29 is 17.0 Å². The van der Waals surface area contributed by atoms with Crippen LogP contribution in [0.15, 0.2) is 18.2 Å². The molecule has 5 nitrogen and oxygen atoms in total. The van der Waals surface area contributed by atoms with Gasteiger partial charge in [0.05, 0.1) is 0 Å². The maximum absolute atomic E-state index is 10.7. The molecular weight excluding hydrogens is 225 g/mol. The number of aromatic hydroxyl groups is 1. The van der Waals surface area contributed by atoms with E-state index in [9.17, 15) is 3.74 Å². The van der Waals surface area contributed by atoms with Crippen LogP contribution >= 0.6 is 0 Å². The molecule has 0 atom stereocenters. The molecule has 0 unspecified atom stereocenters. The van der Waals surface area contributed by atoms with Crippen LogP contribution in [0, 0.1) is 0 Å². The monoisotopic (exact) mass is 233 g/mol. The van der Waals surface area contributed by atoms with Gasteiger partial charge in [-0.05, 0) is 0 Å². The van der Waals surface area contributed by atoms with Crippen LogP contribution in [0.2, 0.25) is 0 Å². The van der Waals surface area contributed by atoms with Crippen LogP contribution in [0.5, 0.6) is 5.75 Å². The molecule has 0 amide bonds. The fourth-order valence-corrected chi connectivity index (χ4v) is 2.22. The minimum atomic E-state index is -5.02. The van der Waals surface area contributed by atoms with Crippen molar-refractivity contribution >= 4 is 24.2 Å². The predicted octanol–water partition coefficient (Wildman–Crippen LogP) is -1.46. The first-order valence-corrected chi connectivity index (χ1v) is 6.45. The molecule has 5 N–H and O–H groups in total. The van der Waals surface area contributed by atoms with Crippen LogP contribution in [0.1, 0.15) is 0 Å². The summed E-state index contributed by atoms with van der Waals surface area (Å²) in [6.07, 6.45) is 0. The van der Waals surface area contributed by atoms with Gasteiger partial charge in [-0.25, -0.2) is 0 Å². The normalized spacial score (nSPS) is 11.5. The second-order valence-corrected chi connectivity index (χ2v) is 5.55. The number of benzene rings is 1. The Labute approximate surface area is 71.5 Å². The van der Waals surface area contributed by atoms with E-state index in [4.69, 9.17) is 19.0 Å². The fourth-order valence-electron chi connectivity index (χ4n) is 0.784. The number of nitrogens with two attached hydrogens (primary N) is 1. The number of para-hydroxylation sites is 1. The Morgan fingerprint density at radius 3 is 2.33 bits per heavy atom. The summed E-state index contributed by atoms with van der Waals surface area (Å²) in [6.45, 7) is 0. The Hall–Kier alpha value is -0.902. The Morgan fingerprint density at radius 1 is 1.33 bits per heavy atom. The van der Waals surface area contributed by atoms with Gasteiger partial charge in [-0.3, -0.25) is 0 Å². The molecule has 0 saturated carbocycles. The van der Waals surface area contributed by atoms with Gasteiger partial charge in [0.2, 0.25) is 0 Å². The van der Waals surface area contributed by atoms with Gasteiger partial charge in [-0.2, -0.15) is 0 Å². The zero-order chi connectivity index (χ0) is 9.35. The molecule has 0 aliphatic carbocycles. The molecule has 0 bridgehead atoms. The van der Waals surface area contributed by atoms with Gasteiger partial charge in [0.15, 0.2) is 0 Å². The molecule has 12 heavy (non-hydrogen) atoms. The minimum absolute atomic E-state index is 0.0303. The standard InChI is InChI=1S/C6H8AsNO4/c8-5-3-1-2-4(6(5)9)7(10,11)12/h1-3,9H,8H2,(H2,10,11,12). The molecule has 1 rings (SSSR count). The van der Waals surface area contributed by atoms with E-state index >= 15 is 0 Å². The summed E-state index contributed by atoms with van der Waals surface area (Å²) >= 11 is -5.02. The molecule has 0 aliphatic rings. The van der Waals surface area contributed by atoms with Crippen molar-refractivity contribution in [1.82, 2.24) is 0 Å². The van der Waals surface area contributed by atoms with Gasteiger partial charge in [0, 0.05) is 0 Å². The summed E-state index contributed by atoms with van der Waals surface area (Å²) in [4.78, 5) is 0. The van der Waals surface area contributed by atoms with E-state index in [-0.39, 0.29) is 10.0 Å². The maximum atomic E-state index is 10.7. The van der Waals surface area contributed by atoms with Crippen molar-refractivity contribution in [2.24, 2.45) is 0 Å². The van der Waals surface area contributed by atoms with Gasteiger partial charge in [-0.15, -0.1) is 0 Å². The van der Waals surface area contributed by atoms with Gasteiger partial charge in [0.25, 0.3) is 0 Å². The van der Waals surface area contributed by atoms with Crippen LogP contribution in [-0.2, 0) is 3.74 Å². The summed E-state index contributed by atoms with van der Waals surface area (Å²) in [5, 5.41) is 9.13. The molecular formula is C6H8AsNO4. The molecule has 0 radical (unpaired) electrons. The second kappa shape index (κ2) is 2.86. The first-order valence-electron chi connectivity index (χ1n) is 3.06.